The minimum Gasteiger partial charge on any atom is -0.269 e. The first-order chi connectivity index (χ1) is 8.22. The molecule has 0 aromatic heterocycles. The Bertz CT molecular complexity index is 485. The lowest BCUT2D eigenvalue weighted by Gasteiger charge is -2.13. The monoisotopic (exact) mass is 247 g/mol. The molecule has 0 radical (unpaired) electrons. The van der Waals surface area contributed by atoms with Gasteiger partial charge in [0.2, 0.25) is 0 Å². The number of hydrogen-bond donors (Lipinski definition) is 0. The summed E-state index contributed by atoms with van der Waals surface area (Å²) in [5.41, 5.74) is 1.55. The molecule has 4 heteroatoms. The van der Waals surface area contributed by atoms with E-state index in [0.717, 1.165) is 10.5 Å². The van der Waals surface area contributed by atoms with E-state index < -0.39 is 0 Å². The molecular formula is C13H10ClNO2. The van der Waals surface area contributed by atoms with Crippen LogP contribution in [0.1, 0.15) is 5.56 Å². The van der Waals surface area contributed by atoms with Crippen LogP contribution < -0.4 is 4.90 Å². The number of carbonyl (C=O) groups is 2. The van der Waals surface area contributed by atoms with Crippen molar-refractivity contribution in [2.24, 2.45) is 0 Å². The number of amides is 2. The number of allylic oxidation sites excluding steroid dienone is 1. The van der Waals surface area contributed by atoms with Gasteiger partial charge in [0, 0.05) is 18.0 Å². The van der Waals surface area contributed by atoms with Gasteiger partial charge in [-0.1, -0.05) is 24.3 Å². The van der Waals surface area contributed by atoms with Crippen molar-refractivity contribution in [3.05, 3.63) is 48.1 Å². The third kappa shape index (κ3) is 2.45. The number of alkyl halides is 1. The van der Waals surface area contributed by atoms with Gasteiger partial charge in [-0.3, -0.25) is 9.59 Å². The maximum absolute atomic E-state index is 11.4. The summed E-state index contributed by atoms with van der Waals surface area (Å²) >= 11 is 5.53. The van der Waals surface area contributed by atoms with Crippen LogP contribution in [0.3, 0.4) is 0 Å². The van der Waals surface area contributed by atoms with Crippen LogP contribution in [-0.4, -0.2) is 17.7 Å². The molecule has 2 rings (SSSR count). The summed E-state index contributed by atoms with van der Waals surface area (Å²) in [5.74, 6) is -0.160. The second-order valence-electron chi connectivity index (χ2n) is 3.49. The van der Waals surface area contributed by atoms with Gasteiger partial charge in [0.15, 0.2) is 0 Å². The van der Waals surface area contributed by atoms with E-state index in [4.69, 9.17) is 11.6 Å². The van der Waals surface area contributed by atoms with Crippen LogP contribution >= 0.6 is 11.6 Å². The standard InChI is InChI=1S/C13H10ClNO2/c14-9-1-2-10-3-5-11(6-4-10)15-12(16)7-8-13(15)17/h1-8H,9H2. The van der Waals surface area contributed by atoms with Crippen LogP contribution in [0.5, 0.6) is 0 Å². The zero-order chi connectivity index (χ0) is 12.3. The second-order valence-corrected chi connectivity index (χ2v) is 3.80. The molecule has 1 aliphatic heterocycles. The van der Waals surface area contributed by atoms with Gasteiger partial charge in [0.25, 0.3) is 11.8 Å². The summed E-state index contributed by atoms with van der Waals surface area (Å²) in [6.45, 7) is 0. The summed E-state index contributed by atoms with van der Waals surface area (Å²) in [4.78, 5) is 24.0. The summed E-state index contributed by atoms with van der Waals surface area (Å²) in [5, 5.41) is 0. The van der Waals surface area contributed by atoms with Crippen LogP contribution in [-0.2, 0) is 9.59 Å². The van der Waals surface area contributed by atoms with Gasteiger partial charge in [-0.25, -0.2) is 4.90 Å². The smallest absolute Gasteiger partial charge is 0.258 e. The van der Waals surface area contributed by atoms with E-state index in [1.807, 2.05) is 24.3 Å². The summed E-state index contributed by atoms with van der Waals surface area (Å²) in [7, 11) is 0. The molecule has 0 spiro atoms. The van der Waals surface area contributed by atoms with Gasteiger partial charge in [-0.05, 0) is 17.7 Å². The third-order valence-corrected chi connectivity index (χ3v) is 2.54. The molecule has 0 saturated heterocycles. The van der Waals surface area contributed by atoms with Crippen molar-refractivity contribution in [3.8, 4) is 0 Å². The highest BCUT2D eigenvalue weighted by Gasteiger charge is 2.24. The van der Waals surface area contributed by atoms with Crippen molar-refractivity contribution in [1.82, 2.24) is 0 Å². The summed E-state index contributed by atoms with van der Waals surface area (Å²) < 4.78 is 0. The average molecular weight is 248 g/mol. The zero-order valence-corrected chi connectivity index (χ0v) is 9.72. The highest BCUT2D eigenvalue weighted by Crippen LogP contribution is 2.19. The van der Waals surface area contributed by atoms with Crippen molar-refractivity contribution in [2.75, 3.05) is 10.8 Å². The second kappa shape index (κ2) is 4.97. The van der Waals surface area contributed by atoms with Gasteiger partial charge < -0.3 is 0 Å². The Morgan fingerprint density at radius 1 is 1.06 bits per heavy atom. The van der Waals surface area contributed by atoms with Crippen LogP contribution in [0.25, 0.3) is 6.08 Å². The fourth-order valence-electron chi connectivity index (χ4n) is 1.57. The number of halogens is 1. The summed E-state index contributed by atoms with van der Waals surface area (Å²) in [6.07, 6.45) is 6.24. The Labute approximate surface area is 104 Å². The molecule has 0 fully saturated rings. The molecule has 1 aromatic carbocycles. The molecule has 17 heavy (non-hydrogen) atoms. The lowest BCUT2D eigenvalue weighted by atomic mass is 10.2. The normalized spacial score (nSPS) is 15.2. The van der Waals surface area contributed by atoms with Crippen molar-refractivity contribution in [3.63, 3.8) is 0 Å². The molecule has 0 bridgehead atoms. The molecule has 1 aromatic rings. The Morgan fingerprint density at radius 3 is 2.18 bits per heavy atom. The Hall–Kier alpha value is -1.87. The van der Waals surface area contributed by atoms with E-state index in [0.29, 0.717) is 11.6 Å². The number of hydrogen-bond acceptors (Lipinski definition) is 2. The third-order valence-electron chi connectivity index (χ3n) is 2.36. The van der Waals surface area contributed by atoms with E-state index in [1.165, 1.54) is 12.2 Å². The van der Waals surface area contributed by atoms with Crippen molar-refractivity contribution >= 4 is 35.2 Å². The fraction of sp³-hybridized carbons (Fsp3) is 0.0769. The predicted molar refractivity (Wildman–Crippen MR) is 67.8 cm³/mol. The van der Waals surface area contributed by atoms with Crippen molar-refractivity contribution in [1.29, 1.82) is 0 Å². The molecule has 0 atom stereocenters. The predicted octanol–water partition coefficient (Wildman–Crippen LogP) is 2.37. The molecule has 1 heterocycles. The van der Waals surface area contributed by atoms with E-state index in [2.05, 4.69) is 0 Å². The van der Waals surface area contributed by atoms with Gasteiger partial charge >= 0.3 is 0 Å². The number of anilines is 1. The lowest BCUT2D eigenvalue weighted by Crippen LogP contribution is -2.29. The number of benzene rings is 1. The minimum absolute atomic E-state index is 0.306. The van der Waals surface area contributed by atoms with E-state index in [1.54, 1.807) is 12.1 Å². The number of carbonyl (C=O) groups excluding carboxylic acids is 2. The molecule has 1 aliphatic rings. The van der Waals surface area contributed by atoms with E-state index in [-0.39, 0.29) is 11.8 Å². The van der Waals surface area contributed by atoms with Gasteiger partial charge in [-0.15, -0.1) is 11.6 Å². The average Bonchev–Trinajstić information content (AvgIpc) is 2.67. The molecule has 0 saturated carbocycles. The fourth-order valence-corrected chi connectivity index (χ4v) is 1.66. The first-order valence-corrected chi connectivity index (χ1v) is 5.64. The largest absolute Gasteiger partial charge is 0.269 e. The van der Waals surface area contributed by atoms with E-state index in [9.17, 15) is 9.59 Å². The molecular weight excluding hydrogens is 238 g/mol. The van der Waals surface area contributed by atoms with E-state index >= 15 is 0 Å². The maximum Gasteiger partial charge on any atom is 0.258 e. The molecule has 3 nitrogen and oxygen atoms in total. The summed E-state index contributed by atoms with van der Waals surface area (Å²) in [6, 6.07) is 7.13. The van der Waals surface area contributed by atoms with Crippen LogP contribution in [0.2, 0.25) is 0 Å². The van der Waals surface area contributed by atoms with Crippen molar-refractivity contribution in [2.45, 2.75) is 0 Å². The van der Waals surface area contributed by atoms with Crippen LogP contribution in [0, 0.1) is 0 Å². The van der Waals surface area contributed by atoms with Crippen LogP contribution in [0.15, 0.2) is 42.5 Å². The molecule has 0 N–H and O–H groups in total. The van der Waals surface area contributed by atoms with Gasteiger partial charge in [-0.2, -0.15) is 0 Å². The molecule has 0 aliphatic carbocycles. The highest BCUT2D eigenvalue weighted by molar-refractivity contribution is 6.28. The number of rotatable bonds is 3. The molecule has 0 unspecified atom stereocenters. The Morgan fingerprint density at radius 2 is 1.65 bits per heavy atom. The minimum atomic E-state index is -0.306. The Kier molecular flexibility index (Phi) is 3.40. The SMILES string of the molecule is O=C1C=CC(=O)N1c1ccc(C=CCCl)cc1. The van der Waals surface area contributed by atoms with Crippen LogP contribution in [0.4, 0.5) is 5.69 Å². The first-order valence-electron chi connectivity index (χ1n) is 5.11. The molecule has 86 valence electrons. The number of nitrogens with zero attached hydrogens (tertiary/aromatic N) is 1. The first kappa shape index (κ1) is 11.6. The quantitative estimate of drug-likeness (QED) is 0.607. The van der Waals surface area contributed by atoms with Crippen molar-refractivity contribution < 1.29 is 9.59 Å². The van der Waals surface area contributed by atoms with Gasteiger partial charge in [0.1, 0.15) is 0 Å². The molecule has 2 amide bonds. The lowest BCUT2D eigenvalue weighted by molar-refractivity contribution is -0.119. The zero-order valence-electron chi connectivity index (χ0n) is 8.97. The topological polar surface area (TPSA) is 37.4 Å². The maximum atomic E-state index is 11.4. The van der Waals surface area contributed by atoms with Gasteiger partial charge in [0.05, 0.1) is 5.69 Å². The number of imide groups is 1. The Balaban J connectivity index is 2.21. The highest BCUT2D eigenvalue weighted by atomic mass is 35.5.